The van der Waals surface area contributed by atoms with Crippen molar-refractivity contribution in [1.82, 2.24) is 0 Å². The summed E-state index contributed by atoms with van der Waals surface area (Å²) in [5.41, 5.74) is 0.738. The van der Waals surface area contributed by atoms with Crippen LogP contribution < -0.4 is 0 Å². The van der Waals surface area contributed by atoms with E-state index in [2.05, 4.69) is 15.9 Å². The largest absolute Gasteiger partial charge is 0.507 e. The average Bonchev–Trinajstić information content (AvgIpc) is 2.41. The first-order valence-corrected chi connectivity index (χ1v) is 7.10. The fourth-order valence-corrected chi connectivity index (χ4v) is 3.05. The number of aromatic hydroxyl groups is 1. The van der Waals surface area contributed by atoms with Crippen LogP contribution in [0, 0.1) is 5.82 Å². The van der Waals surface area contributed by atoms with E-state index in [1.54, 1.807) is 18.2 Å². The molecule has 4 heteroatoms. The second-order valence-corrected chi connectivity index (χ2v) is 5.72. The van der Waals surface area contributed by atoms with Gasteiger partial charge in [-0.2, -0.15) is 0 Å². The van der Waals surface area contributed by atoms with Gasteiger partial charge in [-0.05, 0) is 45.6 Å². The molecule has 0 saturated carbocycles. The molecule has 0 heterocycles. The van der Waals surface area contributed by atoms with Crippen LogP contribution in [0.1, 0.15) is 0 Å². The van der Waals surface area contributed by atoms with Crippen LogP contribution in [0.15, 0.2) is 53.0 Å². The third-order valence-electron chi connectivity index (χ3n) is 3.17. The summed E-state index contributed by atoms with van der Waals surface area (Å²) in [6.45, 7) is 0. The summed E-state index contributed by atoms with van der Waals surface area (Å²) < 4.78 is 14.7. The fourth-order valence-electron chi connectivity index (χ4n) is 2.24. The van der Waals surface area contributed by atoms with E-state index in [-0.39, 0.29) is 5.75 Å². The summed E-state index contributed by atoms with van der Waals surface area (Å²) in [5, 5.41) is 12.3. The molecule has 0 radical (unpaired) electrons. The van der Waals surface area contributed by atoms with Crippen molar-refractivity contribution in [3.05, 3.63) is 63.8 Å². The summed E-state index contributed by atoms with van der Waals surface area (Å²) in [4.78, 5) is 0. The lowest BCUT2D eigenvalue weighted by Gasteiger charge is -2.12. The van der Waals surface area contributed by atoms with Gasteiger partial charge in [0.15, 0.2) is 0 Å². The van der Waals surface area contributed by atoms with Gasteiger partial charge in [0.05, 0.1) is 0 Å². The number of phenols is 1. The Morgan fingerprint density at radius 2 is 1.80 bits per heavy atom. The number of fused-ring (bicyclic) bond motifs is 1. The lowest BCUT2D eigenvalue weighted by atomic mass is 9.99. The lowest BCUT2D eigenvalue weighted by Crippen LogP contribution is -1.88. The summed E-state index contributed by atoms with van der Waals surface area (Å²) in [6.07, 6.45) is 0. The van der Waals surface area contributed by atoms with E-state index in [1.807, 2.05) is 24.3 Å². The molecule has 100 valence electrons. The first kappa shape index (κ1) is 13.4. The van der Waals surface area contributed by atoms with Crippen LogP contribution in [0.3, 0.4) is 0 Å². The van der Waals surface area contributed by atoms with Gasteiger partial charge in [-0.15, -0.1) is 0 Å². The molecule has 0 aromatic heterocycles. The van der Waals surface area contributed by atoms with Crippen molar-refractivity contribution in [1.29, 1.82) is 0 Å². The predicted octanol–water partition coefficient (Wildman–Crippen LogP) is 5.77. The minimum absolute atomic E-state index is 0.0520. The number of phenolic OH excluding ortho intramolecular Hbond substituents is 1. The molecule has 0 aliphatic carbocycles. The van der Waals surface area contributed by atoms with Crippen molar-refractivity contribution in [3.63, 3.8) is 0 Å². The molecular weight excluding hydrogens is 343 g/mol. The Hall–Kier alpha value is -1.58. The smallest absolute Gasteiger partial charge is 0.132 e. The van der Waals surface area contributed by atoms with Crippen LogP contribution >= 0.6 is 27.5 Å². The maximum atomic E-state index is 14.1. The molecular formula is C16H9BrClFO. The molecule has 0 bridgehead atoms. The monoisotopic (exact) mass is 350 g/mol. The van der Waals surface area contributed by atoms with Crippen LogP contribution in [0.4, 0.5) is 4.39 Å². The molecule has 0 unspecified atom stereocenters. The molecule has 20 heavy (non-hydrogen) atoms. The summed E-state index contributed by atoms with van der Waals surface area (Å²) in [7, 11) is 0. The molecule has 0 atom stereocenters. The lowest BCUT2D eigenvalue weighted by molar-refractivity contribution is 0.482. The number of benzene rings is 3. The van der Waals surface area contributed by atoms with Gasteiger partial charge in [0.2, 0.25) is 0 Å². The van der Waals surface area contributed by atoms with Gasteiger partial charge >= 0.3 is 0 Å². The van der Waals surface area contributed by atoms with E-state index in [0.717, 1.165) is 5.39 Å². The van der Waals surface area contributed by atoms with Crippen molar-refractivity contribution >= 4 is 38.3 Å². The van der Waals surface area contributed by atoms with E-state index >= 15 is 0 Å². The molecule has 0 spiro atoms. The van der Waals surface area contributed by atoms with Gasteiger partial charge in [0.1, 0.15) is 11.6 Å². The molecule has 0 aliphatic heterocycles. The van der Waals surface area contributed by atoms with E-state index in [4.69, 9.17) is 11.6 Å². The number of hydrogen-bond acceptors (Lipinski definition) is 1. The van der Waals surface area contributed by atoms with Gasteiger partial charge in [-0.3, -0.25) is 0 Å². The van der Waals surface area contributed by atoms with Crippen molar-refractivity contribution < 1.29 is 9.50 Å². The quantitative estimate of drug-likeness (QED) is 0.590. The zero-order chi connectivity index (χ0) is 14.3. The van der Waals surface area contributed by atoms with Crippen molar-refractivity contribution in [2.75, 3.05) is 0 Å². The highest BCUT2D eigenvalue weighted by Gasteiger charge is 2.16. The maximum Gasteiger partial charge on any atom is 0.132 e. The molecule has 0 saturated heterocycles. The Labute approximate surface area is 128 Å². The van der Waals surface area contributed by atoms with Gasteiger partial charge in [-0.1, -0.05) is 35.9 Å². The Bertz CT molecular complexity index is 817. The second-order valence-electron chi connectivity index (χ2n) is 4.43. The van der Waals surface area contributed by atoms with E-state index in [0.29, 0.717) is 26.0 Å². The van der Waals surface area contributed by atoms with Crippen molar-refractivity contribution in [3.8, 4) is 16.9 Å². The maximum absolute atomic E-state index is 14.1. The standard InChI is InChI=1S/C16H9BrClFO/c17-13-7-9-3-1-2-4-11(9)16(20)15(13)12-6-5-10(18)8-14(12)19/h1-8,20H. The zero-order valence-corrected chi connectivity index (χ0v) is 12.5. The topological polar surface area (TPSA) is 20.2 Å². The molecule has 0 fully saturated rings. The first-order chi connectivity index (χ1) is 9.58. The molecule has 0 amide bonds. The highest BCUT2D eigenvalue weighted by atomic mass is 79.9. The zero-order valence-electron chi connectivity index (χ0n) is 10.2. The summed E-state index contributed by atoms with van der Waals surface area (Å²) >= 11 is 9.16. The molecule has 3 aromatic rings. The fraction of sp³-hybridized carbons (Fsp3) is 0. The van der Waals surface area contributed by atoms with E-state index in [1.165, 1.54) is 6.07 Å². The Morgan fingerprint density at radius 1 is 1.05 bits per heavy atom. The van der Waals surface area contributed by atoms with Crippen LogP contribution in [0.5, 0.6) is 5.75 Å². The van der Waals surface area contributed by atoms with Crippen LogP contribution in [-0.4, -0.2) is 5.11 Å². The van der Waals surface area contributed by atoms with Crippen molar-refractivity contribution in [2.45, 2.75) is 0 Å². The highest BCUT2D eigenvalue weighted by Crippen LogP contribution is 2.42. The number of hydrogen-bond donors (Lipinski definition) is 1. The second kappa shape index (κ2) is 5.08. The predicted molar refractivity (Wildman–Crippen MR) is 83.7 cm³/mol. The van der Waals surface area contributed by atoms with Crippen LogP contribution in [0.2, 0.25) is 5.02 Å². The third kappa shape index (κ3) is 2.17. The average molecular weight is 352 g/mol. The SMILES string of the molecule is Oc1c(-c2ccc(Cl)cc2F)c(Br)cc2ccccc12. The van der Waals surface area contributed by atoms with Gasteiger partial charge in [0.25, 0.3) is 0 Å². The van der Waals surface area contributed by atoms with Crippen LogP contribution in [-0.2, 0) is 0 Å². The first-order valence-electron chi connectivity index (χ1n) is 5.93. The van der Waals surface area contributed by atoms with Crippen molar-refractivity contribution in [2.24, 2.45) is 0 Å². The molecule has 1 N–H and O–H groups in total. The Morgan fingerprint density at radius 3 is 2.55 bits per heavy atom. The van der Waals surface area contributed by atoms with E-state index < -0.39 is 5.82 Å². The molecule has 3 rings (SSSR count). The van der Waals surface area contributed by atoms with Gasteiger partial charge < -0.3 is 5.11 Å². The molecule has 1 nitrogen and oxygen atoms in total. The van der Waals surface area contributed by atoms with Gasteiger partial charge in [-0.25, -0.2) is 4.39 Å². The van der Waals surface area contributed by atoms with E-state index in [9.17, 15) is 9.50 Å². The third-order valence-corrected chi connectivity index (χ3v) is 4.03. The molecule has 0 aliphatic rings. The normalized spacial score (nSPS) is 10.9. The number of rotatable bonds is 1. The minimum atomic E-state index is -0.469. The minimum Gasteiger partial charge on any atom is -0.507 e. The Balaban J connectivity index is 2.36. The molecule has 3 aromatic carbocycles. The summed E-state index contributed by atoms with van der Waals surface area (Å²) in [6, 6.07) is 13.7. The number of halogens is 3. The van der Waals surface area contributed by atoms with Gasteiger partial charge in [0, 0.05) is 26.0 Å². The summed E-state index contributed by atoms with van der Waals surface area (Å²) in [5.74, 6) is -0.417. The Kier molecular flexibility index (Phi) is 3.40. The highest BCUT2D eigenvalue weighted by molar-refractivity contribution is 9.10. The van der Waals surface area contributed by atoms with Crippen LogP contribution in [0.25, 0.3) is 21.9 Å².